The normalized spacial score (nSPS) is 14.3. The first-order valence-electron chi connectivity index (χ1n) is 6.91. The van der Waals surface area contributed by atoms with Crippen LogP contribution in [-0.2, 0) is 14.8 Å². The summed E-state index contributed by atoms with van der Waals surface area (Å²) in [5.74, 6) is -0.314. The molecule has 8 heteroatoms. The van der Waals surface area contributed by atoms with Gasteiger partial charge < -0.3 is 15.2 Å². The van der Waals surface area contributed by atoms with E-state index in [0.717, 1.165) is 6.26 Å². The maximum atomic E-state index is 11.9. The first-order valence-corrected chi connectivity index (χ1v) is 8.80. The molecule has 22 heavy (non-hydrogen) atoms. The molecule has 0 saturated carbocycles. The average molecular weight is 330 g/mol. The van der Waals surface area contributed by atoms with Crippen molar-refractivity contribution in [2.45, 2.75) is 19.1 Å². The van der Waals surface area contributed by atoms with Gasteiger partial charge in [0.25, 0.3) is 5.91 Å². The summed E-state index contributed by atoms with van der Waals surface area (Å²) < 4.78 is 29.8. The molecule has 7 nitrogen and oxygen atoms in total. The number of rotatable bonds is 9. The van der Waals surface area contributed by atoms with Gasteiger partial charge in [-0.15, -0.1) is 0 Å². The number of aliphatic hydroxyl groups excluding tert-OH is 1. The Kier molecular flexibility index (Phi) is 7.46. The van der Waals surface area contributed by atoms with Crippen molar-refractivity contribution in [1.82, 2.24) is 10.0 Å². The molecule has 3 N–H and O–H groups in total. The van der Waals surface area contributed by atoms with Gasteiger partial charge in [-0.3, -0.25) is 4.79 Å². The Hall–Kier alpha value is -1.48. The lowest BCUT2D eigenvalue weighted by Crippen LogP contribution is -2.46. The average Bonchev–Trinajstić information content (AvgIpc) is 2.48. The summed E-state index contributed by atoms with van der Waals surface area (Å²) in [6.45, 7) is 1.96. The molecule has 0 radical (unpaired) electrons. The molecular weight excluding hydrogens is 308 g/mol. The monoisotopic (exact) mass is 330 g/mol. The third kappa shape index (κ3) is 6.99. The van der Waals surface area contributed by atoms with Crippen LogP contribution in [0.15, 0.2) is 30.3 Å². The zero-order valence-corrected chi connectivity index (χ0v) is 13.5. The van der Waals surface area contributed by atoms with Crippen LogP contribution in [0.2, 0.25) is 0 Å². The third-order valence-corrected chi connectivity index (χ3v) is 3.56. The van der Waals surface area contributed by atoms with Crippen LogP contribution >= 0.6 is 0 Å². The molecule has 0 aromatic heterocycles. The second-order valence-corrected chi connectivity index (χ2v) is 6.59. The van der Waals surface area contributed by atoms with E-state index in [0.29, 0.717) is 12.2 Å². The van der Waals surface area contributed by atoms with Crippen molar-refractivity contribution in [3.63, 3.8) is 0 Å². The molecule has 0 aliphatic heterocycles. The van der Waals surface area contributed by atoms with Gasteiger partial charge in [0.05, 0.1) is 18.5 Å². The molecule has 0 saturated heterocycles. The fraction of sp³-hybridized carbons (Fsp3) is 0.500. The molecule has 0 heterocycles. The number of carbonyl (C=O) groups is 1. The van der Waals surface area contributed by atoms with Crippen molar-refractivity contribution in [2.24, 2.45) is 0 Å². The molecule has 1 aromatic rings. The van der Waals surface area contributed by atoms with Gasteiger partial charge in [0.1, 0.15) is 0 Å². The van der Waals surface area contributed by atoms with Gasteiger partial charge in [-0.1, -0.05) is 18.2 Å². The number of ether oxygens (including phenoxy) is 1. The van der Waals surface area contributed by atoms with E-state index < -0.39 is 22.2 Å². The first-order chi connectivity index (χ1) is 10.3. The van der Waals surface area contributed by atoms with Crippen LogP contribution in [0.3, 0.4) is 0 Å². The van der Waals surface area contributed by atoms with Crippen LogP contribution in [0.5, 0.6) is 0 Å². The van der Waals surface area contributed by atoms with Crippen molar-refractivity contribution in [3.05, 3.63) is 35.9 Å². The maximum absolute atomic E-state index is 11.9. The molecule has 0 bridgehead atoms. The summed E-state index contributed by atoms with van der Waals surface area (Å²) in [7, 11) is -3.37. The van der Waals surface area contributed by atoms with Crippen molar-refractivity contribution in [1.29, 1.82) is 0 Å². The Labute approximate surface area is 130 Å². The van der Waals surface area contributed by atoms with Gasteiger partial charge in [0, 0.05) is 25.3 Å². The number of carbonyl (C=O) groups excluding carboxylic acids is 1. The minimum Gasteiger partial charge on any atom is -0.389 e. The summed E-state index contributed by atoms with van der Waals surface area (Å²) in [4.78, 5) is 11.9. The molecule has 0 aliphatic carbocycles. The minimum absolute atomic E-state index is 0.0379. The molecule has 0 unspecified atom stereocenters. The van der Waals surface area contributed by atoms with E-state index in [9.17, 15) is 18.3 Å². The van der Waals surface area contributed by atoms with E-state index in [1.54, 1.807) is 37.3 Å². The van der Waals surface area contributed by atoms with Gasteiger partial charge in [-0.2, -0.15) is 0 Å². The first kappa shape index (κ1) is 18.6. The Morgan fingerprint density at radius 3 is 2.45 bits per heavy atom. The standard InChI is InChI=1S/C14H22N2O5S/c1-3-21-13(10-16-22(2,19)20)12(17)9-15-14(18)11-7-5-4-6-8-11/h4-8,12-13,16-17H,3,9-10H2,1-2H3,(H,15,18)/t12-,13+/m0/s1. The van der Waals surface area contributed by atoms with Gasteiger partial charge in [-0.05, 0) is 19.1 Å². The van der Waals surface area contributed by atoms with Gasteiger partial charge >= 0.3 is 0 Å². The number of hydrogen-bond donors (Lipinski definition) is 3. The van der Waals surface area contributed by atoms with Crippen LogP contribution in [0, 0.1) is 0 Å². The van der Waals surface area contributed by atoms with Crippen LogP contribution in [0.4, 0.5) is 0 Å². The summed E-state index contributed by atoms with van der Waals surface area (Å²) in [6.07, 6.45) is -0.739. The van der Waals surface area contributed by atoms with E-state index in [-0.39, 0.29) is 19.0 Å². The molecular formula is C14H22N2O5S. The molecule has 124 valence electrons. The van der Waals surface area contributed by atoms with Crippen LogP contribution in [0.25, 0.3) is 0 Å². The number of aliphatic hydroxyl groups is 1. The molecule has 1 aromatic carbocycles. The second kappa shape index (κ2) is 8.84. The van der Waals surface area contributed by atoms with Crippen LogP contribution < -0.4 is 10.0 Å². The van der Waals surface area contributed by atoms with E-state index in [1.807, 2.05) is 0 Å². The summed E-state index contributed by atoms with van der Waals surface area (Å²) in [5, 5.41) is 12.6. The second-order valence-electron chi connectivity index (χ2n) is 4.76. The molecule has 0 aliphatic rings. The van der Waals surface area contributed by atoms with Crippen molar-refractivity contribution >= 4 is 15.9 Å². The quantitative estimate of drug-likeness (QED) is 0.578. The lowest BCUT2D eigenvalue weighted by Gasteiger charge is -2.23. The number of sulfonamides is 1. The molecule has 1 amide bonds. The van der Waals surface area contributed by atoms with E-state index in [1.165, 1.54) is 0 Å². The van der Waals surface area contributed by atoms with Gasteiger partial charge in [0.2, 0.25) is 10.0 Å². The fourth-order valence-corrected chi connectivity index (χ4v) is 2.24. The SMILES string of the molecule is CCO[C@H](CNS(C)(=O)=O)[C@@H](O)CNC(=O)c1ccccc1. The maximum Gasteiger partial charge on any atom is 0.251 e. The molecule has 2 atom stereocenters. The van der Waals surface area contributed by atoms with Gasteiger partial charge in [-0.25, -0.2) is 13.1 Å². The molecule has 1 rings (SSSR count). The Morgan fingerprint density at radius 2 is 1.91 bits per heavy atom. The largest absolute Gasteiger partial charge is 0.389 e. The summed E-state index contributed by atoms with van der Waals surface area (Å²) in [5.41, 5.74) is 0.483. The van der Waals surface area contributed by atoms with E-state index in [4.69, 9.17) is 4.74 Å². The smallest absolute Gasteiger partial charge is 0.251 e. The van der Waals surface area contributed by atoms with Crippen molar-refractivity contribution in [2.75, 3.05) is 26.0 Å². The number of benzene rings is 1. The number of amides is 1. The van der Waals surface area contributed by atoms with Crippen molar-refractivity contribution < 1.29 is 23.1 Å². The van der Waals surface area contributed by atoms with Crippen molar-refractivity contribution in [3.8, 4) is 0 Å². The predicted octanol–water partition coefficient (Wildman–Crippen LogP) is -0.268. The zero-order valence-electron chi connectivity index (χ0n) is 12.7. The Morgan fingerprint density at radius 1 is 1.27 bits per heavy atom. The Balaban J connectivity index is 2.52. The topological polar surface area (TPSA) is 105 Å². The molecule has 0 spiro atoms. The predicted molar refractivity (Wildman–Crippen MR) is 83.0 cm³/mol. The highest BCUT2D eigenvalue weighted by atomic mass is 32.2. The lowest BCUT2D eigenvalue weighted by atomic mass is 10.2. The summed E-state index contributed by atoms with van der Waals surface area (Å²) >= 11 is 0. The Bertz CT molecular complexity index is 562. The number of hydrogen-bond acceptors (Lipinski definition) is 5. The fourth-order valence-electron chi connectivity index (χ4n) is 1.77. The third-order valence-electron chi connectivity index (χ3n) is 2.86. The van der Waals surface area contributed by atoms with E-state index in [2.05, 4.69) is 10.0 Å². The highest BCUT2D eigenvalue weighted by Crippen LogP contribution is 2.01. The molecule has 0 fully saturated rings. The highest BCUT2D eigenvalue weighted by Gasteiger charge is 2.21. The summed E-state index contributed by atoms with van der Waals surface area (Å²) in [6, 6.07) is 8.60. The lowest BCUT2D eigenvalue weighted by molar-refractivity contribution is -0.0269. The van der Waals surface area contributed by atoms with Gasteiger partial charge in [0.15, 0.2) is 0 Å². The number of nitrogens with one attached hydrogen (secondary N) is 2. The van der Waals surface area contributed by atoms with E-state index >= 15 is 0 Å². The highest BCUT2D eigenvalue weighted by molar-refractivity contribution is 7.88. The van der Waals surface area contributed by atoms with Crippen LogP contribution in [-0.4, -0.2) is 57.6 Å². The van der Waals surface area contributed by atoms with Crippen LogP contribution in [0.1, 0.15) is 17.3 Å². The minimum atomic E-state index is -3.37. The zero-order chi connectivity index (χ0) is 16.6.